The number of anilines is 2. The molecule has 1 rings (SSSR count). The van der Waals surface area contributed by atoms with Crippen LogP contribution in [0, 0.1) is 5.82 Å². The molecule has 1 amide bonds. The second-order valence-electron chi connectivity index (χ2n) is 4.06. The highest BCUT2D eigenvalue weighted by atomic mass is 32.2. The maximum atomic E-state index is 13.0. The number of nitrogens with two attached hydrogens (primary N) is 1. The molecule has 0 spiro atoms. The summed E-state index contributed by atoms with van der Waals surface area (Å²) in [5.41, 5.74) is 5.84. The van der Waals surface area contributed by atoms with Gasteiger partial charge in [-0.05, 0) is 25.1 Å². The Labute approximate surface area is 121 Å². The van der Waals surface area contributed by atoms with Crippen LogP contribution in [0.3, 0.4) is 0 Å². The molecular formula is C13H17FN2O3S. The Morgan fingerprint density at radius 1 is 1.50 bits per heavy atom. The van der Waals surface area contributed by atoms with E-state index < -0.39 is 5.82 Å². The van der Waals surface area contributed by atoms with Crippen LogP contribution in [0.2, 0.25) is 0 Å². The molecular weight excluding hydrogens is 283 g/mol. The quantitative estimate of drug-likeness (QED) is 0.620. The number of amides is 1. The zero-order chi connectivity index (χ0) is 15.1. The number of halogens is 1. The van der Waals surface area contributed by atoms with E-state index in [0.717, 1.165) is 0 Å². The van der Waals surface area contributed by atoms with Crippen molar-refractivity contribution < 1.29 is 18.7 Å². The second-order valence-corrected chi connectivity index (χ2v) is 5.51. The first-order chi connectivity index (χ1) is 9.43. The van der Waals surface area contributed by atoms with Gasteiger partial charge in [0.15, 0.2) is 0 Å². The Balaban J connectivity index is 2.45. The van der Waals surface area contributed by atoms with Crippen LogP contribution < -0.4 is 11.1 Å². The molecule has 0 bridgehead atoms. The Hall–Kier alpha value is -1.76. The highest BCUT2D eigenvalue weighted by Gasteiger charge is 2.14. The number of benzene rings is 1. The maximum Gasteiger partial charge on any atom is 0.306 e. The predicted octanol–water partition coefficient (Wildman–Crippen LogP) is 2.03. The molecule has 5 nitrogen and oxygen atoms in total. The number of carbonyl (C=O) groups is 2. The molecule has 0 aliphatic carbocycles. The molecule has 0 fully saturated rings. The van der Waals surface area contributed by atoms with E-state index in [1.807, 2.05) is 0 Å². The van der Waals surface area contributed by atoms with Gasteiger partial charge in [-0.2, -0.15) is 0 Å². The molecule has 7 heteroatoms. The third kappa shape index (κ3) is 5.08. The van der Waals surface area contributed by atoms with E-state index in [1.54, 1.807) is 6.92 Å². The van der Waals surface area contributed by atoms with Crippen molar-refractivity contribution in [3.05, 3.63) is 24.0 Å². The topological polar surface area (TPSA) is 81.4 Å². The number of rotatable bonds is 6. The Morgan fingerprint density at radius 3 is 2.80 bits per heavy atom. The van der Waals surface area contributed by atoms with Crippen LogP contribution in [0.25, 0.3) is 0 Å². The lowest BCUT2D eigenvalue weighted by molar-refractivity contribution is -0.140. The van der Waals surface area contributed by atoms with E-state index in [-0.39, 0.29) is 29.2 Å². The van der Waals surface area contributed by atoms with Gasteiger partial charge in [0, 0.05) is 11.4 Å². The van der Waals surface area contributed by atoms with Crippen LogP contribution >= 0.6 is 11.8 Å². The lowest BCUT2D eigenvalue weighted by atomic mass is 10.2. The molecule has 1 atom stereocenters. The third-order valence-corrected chi connectivity index (χ3v) is 3.69. The Morgan fingerprint density at radius 2 is 2.20 bits per heavy atom. The first-order valence-electron chi connectivity index (χ1n) is 5.98. The molecule has 0 heterocycles. The molecule has 110 valence electrons. The zero-order valence-electron chi connectivity index (χ0n) is 11.3. The molecule has 1 unspecified atom stereocenters. The number of nitrogens with one attached hydrogen (secondary N) is 1. The molecule has 0 aliphatic rings. The molecule has 1 aromatic rings. The fourth-order valence-electron chi connectivity index (χ4n) is 1.36. The molecule has 0 aliphatic heterocycles. The van der Waals surface area contributed by atoms with Gasteiger partial charge in [0.1, 0.15) is 5.82 Å². The monoisotopic (exact) mass is 300 g/mol. The summed E-state index contributed by atoms with van der Waals surface area (Å²) in [7, 11) is 1.32. The number of thioether (sulfide) groups is 1. The van der Waals surface area contributed by atoms with Crippen molar-refractivity contribution in [2.45, 2.75) is 18.6 Å². The maximum absolute atomic E-state index is 13.0. The highest BCUT2D eigenvalue weighted by Crippen LogP contribution is 2.19. The second kappa shape index (κ2) is 7.74. The van der Waals surface area contributed by atoms with E-state index >= 15 is 0 Å². The van der Waals surface area contributed by atoms with Crippen molar-refractivity contribution in [1.29, 1.82) is 0 Å². The number of hydrogen-bond acceptors (Lipinski definition) is 5. The van der Waals surface area contributed by atoms with Crippen molar-refractivity contribution in [3.63, 3.8) is 0 Å². The SMILES string of the molecule is COC(=O)CCSC(C)C(=O)Nc1ccc(F)c(N)c1. The molecule has 0 saturated carbocycles. The largest absolute Gasteiger partial charge is 0.469 e. The summed E-state index contributed by atoms with van der Waals surface area (Å²) in [5.74, 6) is -0.571. The van der Waals surface area contributed by atoms with Crippen LogP contribution in [0.1, 0.15) is 13.3 Å². The number of nitrogen functional groups attached to an aromatic ring is 1. The fourth-order valence-corrected chi connectivity index (χ4v) is 2.21. The molecule has 0 saturated heterocycles. The summed E-state index contributed by atoms with van der Waals surface area (Å²) in [6.45, 7) is 1.73. The summed E-state index contributed by atoms with van der Waals surface area (Å²) < 4.78 is 17.5. The van der Waals surface area contributed by atoms with Gasteiger partial charge in [-0.25, -0.2) is 4.39 Å². The highest BCUT2D eigenvalue weighted by molar-refractivity contribution is 8.00. The summed E-state index contributed by atoms with van der Waals surface area (Å²) >= 11 is 1.34. The fraction of sp³-hybridized carbons (Fsp3) is 0.385. The zero-order valence-corrected chi connectivity index (χ0v) is 12.1. The normalized spacial score (nSPS) is 11.8. The molecule has 20 heavy (non-hydrogen) atoms. The van der Waals surface area contributed by atoms with Crippen molar-refractivity contribution in [2.24, 2.45) is 0 Å². The van der Waals surface area contributed by atoms with Crippen LogP contribution in [0.4, 0.5) is 15.8 Å². The molecule has 1 aromatic carbocycles. The first kappa shape index (κ1) is 16.3. The minimum absolute atomic E-state index is 0.0196. The average Bonchev–Trinajstić information content (AvgIpc) is 2.42. The molecule has 3 N–H and O–H groups in total. The van der Waals surface area contributed by atoms with Gasteiger partial charge in [-0.3, -0.25) is 9.59 Å². The lowest BCUT2D eigenvalue weighted by Crippen LogP contribution is -2.23. The molecule has 0 radical (unpaired) electrons. The van der Waals surface area contributed by atoms with Crippen LogP contribution in [0.5, 0.6) is 0 Å². The van der Waals surface area contributed by atoms with E-state index in [4.69, 9.17) is 5.73 Å². The smallest absolute Gasteiger partial charge is 0.306 e. The van der Waals surface area contributed by atoms with E-state index in [9.17, 15) is 14.0 Å². The van der Waals surface area contributed by atoms with E-state index in [2.05, 4.69) is 10.1 Å². The van der Waals surface area contributed by atoms with Gasteiger partial charge >= 0.3 is 5.97 Å². The standard InChI is InChI=1S/C13H17FN2O3S/c1-8(20-6-5-12(17)19-2)13(18)16-9-3-4-10(14)11(15)7-9/h3-4,7-8H,5-6,15H2,1-2H3,(H,16,18). The third-order valence-electron chi connectivity index (χ3n) is 2.53. The van der Waals surface area contributed by atoms with Gasteiger partial charge in [0.2, 0.25) is 5.91 Å². The van der Waals surface area contributed by atoms with Crippen molar-refractivity contribution in [3.8, 4) is 0 Å². The summed E-state index contributed by atoms with van der Waals surface area (Å²) in [4.78, 5) is 22.8. The van der Waals surface area contributed by atoms with Crippen LogP contribution in [0.15, 0.2) is 18.2 Å². The van der Waals surface area contributed by atoms with Crippen molar-refractivity contribution in [2.75, 3.05) is 23.9 Å². The first-order valence-corrected chi connectivity index (χ1v) is 7.03. The predicted molar refractivity (Wildman–Crippen MR) is 78.0 cm³/mol. The number of carbonyl (C=O) groups excluding carboxylic acids is 2. The van der Waals surface area contributed by atoms with Gasteiger partial charge in [0.05, 0.1) is 24.5 Å². The van der Waals surface area contributed by atoms with Gasteiger partial charge in [0.25, 0.3) is 0 Å². The van der Waals surface area contributed by atoms with Crippen LogP contribution in [-0.2, 0) is 14.3 Å². The van der Waals surface area contributed by atoms with Gasteiger partial charge < -0.3 is 15.8 Å². The summed E-state index contributed by atoms with van der Waals surface area (Å²) in [6, 6.07) is 3.99. The minimum atomic E-state index is -0.525. The number of hydrogen-bond donors (Lipinski definition) is 2. The Kier molecular flexibility index (Phi) is 6.30. The number of esters is 1. The average molecular weight is 300 g/mol. The van der Waals surface area contributed by atoms with Gasteiger partial charge in [-0.1, -0.05) is 0 Å². The van der Waals surface area contributed by atoms with Crippen molar-refractivity contribution in [1.82, 2.24) is 0 Å². The number of ether oxygens (including phenoxy) is 1. The molecule has 0 aromatic heterocycles. The van der Waals surface area contributed by atoms with Crippen LogP contribution in [-0.4, -0.2) is 30.0 Å². The summed E-state index contributed by atoms with van der Waals surface area (Å²) in [6.07, 6.45) is 0.252. The Bertz CT molecular complexity index is 497. The minimum Gasteiger partial charge on any atom is -0.469 e. The number of methoxy groups -OCH3 is 1. The van der Waals surface area contributed by atoms with Gasteiger partial charge in [-0.15, -0.1) is 11.8 Å². The van der Waals surface area contributed by atoms with Crippen molar-refractivity contribution >= 4 is 35.0 Å². The van der Waals surface area contributed by atoms with E-state index in [1.165, 1.54) is 37.1 Å². The van der Waals surface area contributed by atoms with E-state index in [0.29, 0.717) is 11.4 Å². The lowest BCUT2D eigenvalue weighted by Gasteiger charge is -2.12. The summed E-state index contributed by atoms with van der Waals surface area (Å²) in [5, 5.41) is 2.30.